The fourth-order valence-electron chi connectivity index (χ4n) is 5.00. The summed E-state index contributed by atoms with van der Waals surface area (Å²) in [5.74, 6) is -1.82. The zero-order valence-corrected chi connectivity index (χ0v) is 13.6. The van der Waals surface area contributed by atoms with Gasteiger partial charge in [-0.2, -0.15) is 0 Å². The lowest BCUT2D eigenvalue weighted by Gasteiger charge is -2.46. The van der Waals surface area contributed by atoms with Gasteiger partial charge in [0, 0.05) is 23.1 Å². The number of aliphatic hydroxyl groups excluding tert-OH is 1. The van der Waals surface area contributed by atoms with Gasteiger partial charge >= 0.3 is 0 Å². The minimum absolute atomic E-state index is 0.0150. The van der Waals surface area contributed by atoms with Crippen LogP contribution < -0.4 is 0 Å². The van der Waals surface area contributed by atoms with E-state index >= 15 is 0 Å². The Hall–Kier alpha value is -2.02. The van der Waals surface area contributed by atoms with Crippen LogP contribution in [-0.2, 0) is 9.53 Å². The Balaban J connectivity index is 1.77. The Kier molecular flexibility index (Phi) is 2.79. The molecule has 0 spiro atoms. The van der Waals surface area contributed by atoms with E-state index in [-0.39, 0.29) is 28.6 Å². The van der Waals surface area contributed by atoms with Gasteiger partial charge in [-0.3, -0.25) is 9.59 Å². The van der Waals surface area contributed by atoms with E-state index in [9.17, 15) is 24.9 Å². The number of phenolic OH excluding ortho intramolecular Hbond substituents is 1. The summed E-state index contributed by atoms with van der Waals surface area (Å²) in [7, 11) is 0. The van der Waals surface area contributed by atoms with Crippen LogP contribution in [0.2, 0.25) is 0 Å². The molecule has 1 fully saturated rings. The van der Waals surface area contributed by atoms with Crippen LogP contribution in [0, 0.1) is 11.8 Å². The molecule has 1 aliphatic heterocycles. The van der Waals surface area contributed by atoms with Gasteiger partial charge in [-0.05, 0) is 24.0 Å². The minimum Gasteiger partial charge on any atom is -0.508 e. The number of aliphatic hydroxyl groups is 2. The normalized spacial score (nSPS) is 41.6. The zero-order valence-electron chi connectivity index (χ0n) is 13.6. The van der Waals surface area contributed by atoms with Gasteiger partial charge in [0.2, 0.25) is 0 Å². The predicted octanol–water partition coefficient (Wildman–Crippen LogP) is 1.05. The lowest BCUT2D eigenvalue weighted by Crippen LogP contribution is -2.59. The molecule has 3 aliphatic carbocycles. The number of carbonyl (C=O) groups is 2. The van der Waals surface area contributed by atoms with Crippen LogP contribution in [0.25, 0.3) is 0 Å². The van der Waals surface area contributed by atoms with E-state index in [1.807, 2.05) is 6.92 Å². The third-order valence-electron chi connectivity index (χ3n) is 6.11. The number of Topliss-reactive ketones (excluding diaryl/α,β-unsaturated/α-hetero) is 2. The Morgan fingerprint density at radius 2 is 2.00 bits per heavy atom. The number of phenols is 1. The number of aromatic hydroxyl groups is 1. The summed E-state index contributed by atoms with van der Waals surface area (Å²) in [4.78, 5) is 25.9. The molecule has 6 nitrogen and oxygen atoms in total. The average Bonchev–Trinajstić information content (AvgIpc) is 3.35. The first-order valence-corrected chi connectivity index (χ1v) is 8.53. The molecule has 0 aromatic heterocycles. The SMILES string of the molecule is C[C@@H]1CC(=O)C2=C(C1)[C@@H]1O[C@@H]1[C@]1(O)[C@@H]2C(=O)c2cccc(O)c2[C@@H]1O. The predicted molar refractivity (Wildman–Crippen MR) is 84.9 cm³/mol. The van der Waals surface area contributed by atoms with Gasteiger partial charge in [0.25, 0.3) is 0 Å². The standard InChI is InChI=1S/C19H18O6/c1-7-5-9-12(11(21)6-7)14-15(22)8-3-2-4-10(20)13(8)17(23)19(14,24)18-16(9)25-18/h2-4,7,14,16-18,20,23-24H,5-6H2,1H3/t7-,14-,16-,17-,18-,19-/m0/s1. The van der Waals surface area contributed by atoms with E-state index in [0.717, 1.165) is 5.57 Å². The monoisotopic (exact) mass is 342 g/mol. The third kappa shape index (κ3) is 1.69. The van der Waals surface area contributed by atoms with Gasteiger partial charge in [0.1, 0.15) is 29.7 Å². The van der Waals surface area contributed by atoms with E-state index < -0.39 is 35.6 Å². The zero-order chi connectivity index (χ0) is 17.7. The van der Waals surface area contributed by atoms with Crippen LogP contribution >= 0.6 is 0 Å². The number of fused-ring (bicyclic) bond motifs is 6. The molecule has 1 aromatic carbocycles. The molecule has 1 aromatic rings. The summed E-state index contributed by atoms with van der Waals surface area (Å²) in [5.41, 5.74) is -0.645. The molecule has 6 atom stereocenters. The number of rotatable bonds is 0. The number of hydrogen-bond donors (Lipinski definition) is 3. The van der Waals surface area contributed by atoms with Crippen molar-refractivity contribution < 1.29 is 29.6 Å². The van der Waals surface area contributed by atoms with Gasteiger partial charge in [0.05, 0.1) is 5.92 Å². The molecular formula is C19H18O6. The molecule has 1 heterocycles. The Bertz CT molecular complexity index is 871. The van der Waals surface area contributed by atoms with Crippen molar-refractivity contribution in [3.05, 3.63) is 40.5 Å². The highest BCUT2D eigenvalue weighted by Gasteiger charge is 2.71. The van der Waals surface area contributed by atoms with Crippen molar-refractivity contribution in [3.63, 3.8) is 0 Å². The number of benzene rings is 1. The second-order valence-electron chi connectivity index (χ2n) is 7.68. The van der Waals surface area contributed by atoms with Gasteiger partial charge in [-0.15, -0.1) is 0 Å². The summed E-state index contributed by atoms with van der Waals surface area (Å²) < 4.78 is 5.64. The smallest absolute Gasteiger partial charge is 0.174 e. The van der Waals surface area contributed by atoms with Crippen molar-refractivity contribution in [2.45, 2.75) is 43.7 Å². The molecule has 1 saturated heterocycles. The summed E-state index contributed by atoms with van der Waals surface area (Å²) in [6, 6.07) is 4.39. The van der Waals surface area contributed by atoms with Gasteiger partial charge in [0.15, 0.2) is 11.6 Å². The molecule has 0 radical (unpaired) electrons. The molecule has 0 saturated carbocycles. The lowest BCUT2D eigenvalue weighted by molar-refractivity contribution is -0.130. The van der Waals surface area contributed by atoms with Crippen LogP contribution in [0.3, 0.4) is 0 Å². The van der Waals surface area contributed by atoms with Gasteiger partial charge in [-0.25, -0.2) is 0 Å². The van der Waals surface area contributed by atoms with Gasteiger partial charge in [-0.1, -0.05) is 19.1 Å². The number of hydrogen-bond acceptors (Lipinski definition) is 6. The summed E-state index contributed by atoms with van der Waals surface area (Å²) in [5, 5.41) is 32.3. The maximum atomic E-state index is 13.2. The number of epoxide rings is 1. The summed E-state index contributed by atoms with van der Waals surface area (Å²) >= 11 is 0. The minimum atomic E-state index is -1.93. The first kappa shape index (κ1) is 15.3. The van der Waals surface area contributed by atoms with Crippen molar-refractivity contribution in [2.24, 2.45) is 11.8 Å². The van der Waals surface area contributed by atoms with Crippen molar-refractivity contribution in [2.75, 3.05) is 0 Å². The fraction of sp³-hybridized carbons (Fsp3) is 0.474. The number of ketones is 2. The van der Waals surface area contributed by atoms with Crippen LogP contribution in [0.1, 0.15) is 41.8 Å². The summed E-state index contributed by atoms with van der Waals surface area (Å²) in [6.07, 6.45) is -1.69. The molecule has 6 heteroatoms. The largest absolute Gasteiger partial charge is 0.508 e. The Morgan fingerprint density at radius 1 is 1.24 bits per heavy atom. The Morgan fingerprint density at radius 3 is 2.76 bits per heavy atom. The average molecular weight is 342 g/mol. The van der Waals surface area contributed by atoms with Crippen molar-refractivity contribution in [3.8, 4) is 5.75 Å². The maximum Gasteiger partial charge on any atom is 0.174 e. The first-order chi connectivity index (χ1) is 11.9. The summed E-state index contributed by atoms with van der Waals surface area (Å²) in [6.45, 7) is 1.98. The maximum absolute atomic E-state index is 13.2. The molecule has 5 rings (SSSR count). The molecule has 4 aliphatic rings. The highest BCUT2D eigenvalue weighted by molar-refractivity contribution is 6.11. The lowest BCUT2D eigenvalue weighted by atomic mass is 9.58. The highest BCUT2D eigenvalue weighted by atomic mass is 16.6. The molecule has 0 bridgehead atoms. The van der Waals surface area contributed by atoms with Crippen LogP contribution in [0.15, 0.2) is 29.3 Å². The van der Waals surface area contributed by atoms with E-state index in [2.05, 4.69) is 0 Å². The fourth-order valence-corrected chi connectivity index (χ4v) is 5.00. The molecular weight excluding hydrogens is 324 g/mol. The highest BCUT2D eigenvalue weighted by Crippen LogP contribution is 2.60. The van der Waals surface area contributed by atoms with Crippen LogP contribution in [-0.4, -0.2) is 44.7 Å². The number of carbonyl (C=O) groups excluding carboxylic acids is 2. The third-order valence-corrected chi connectivity index (χ3v) is 6.11. The van der Waals surface area contributed by atoms with Gasteiger partial charge < -0.3 is 20.1 Å². The molecule has 0 amide bonds. The first-order valence-electron chi connectivity index (χ1n) is 8.53. The van der Waals surface area contributed by atoms with Crippen molar-refractivity contribution >= 4 is 11.6 Å². The van der Waals surface area contributed by atoms with Crippen molar-refractivity contribution in [1.29, 1.82) is 0 Å². The molecule has 3 N–H and O–H groups in total. The van der Waals surface area contributed by atoms with Crippen LogP contribution in [0.5, 0.6) is 5.75 Å². The van der Waals surface area contributed by atoms with E-state index in [1.165, 1.54) is 18.2 Å². The van der Waals surface area contributed by atoms with E-state index in [0.29, 0.717) is 18.4 Å². The van der Waals surface area contributed by atoms with E-state index in [1.54, 1.807) is 0 Å². The topological polar surface area (TPSA) is 107 Å². The van der Waals surface area contributed by atoms with E-state index in [4.69, 9.17) is 4.74 Å². The van der Waals surface area contributed by atoms with Crippen LogP contribution in [0.4, 0.5) is 0 Å². The molecule has 0 unspecified atom stereocenters. The second-order valence-corrected chi connectivity index (χ2v) is 7.68. The quantitative estimate of drug-likeness (QED) is 0.608. The van der Waals surface area contributed by atoms with Crippen molar-refractivity contribution in [1.82, 2.24) is 0 Å². The molecule has 130 valence electrons. The molecule has 25 heavy (non-hydrogen) atoms. The second kappa shape index (κ2) is 4.58. The number of ether oxygens (including phenoxy) is 1. The Labute approximate surface area is 143 Å².